The Morgan fingerprint density at radius 3 is 0.854 bits per heavy atom. The van der Waals surface area contributed by atoms with Gasteiger partial charge in [-0.2, -0.15) is 0 Å². The Kier molecular flexibility index (Phi) is 32.7. The zero-order chi connectivity index (χ0) is 37.7. The van der Waals surface area contributed by atoms with E-state index in [1.807, 2.05) is 18.2 Å². The quantitative estimate of drug-likeness (QED) is 0.133. The summed E-state index contributed by atoms with van der Waals surface area (Å²) in [5.74, 6) is 0.560. The summed E-state index contributed by atoms with van der Waals surface area (Å²) < 4.78 is 79.1. The topological polar surface area (TPSA) is 142 Å². The molecule has 0 fully saturated rings. The van der Waals surface area contributed by atoms with E-state index >= 15 is 0 Å². The predicted molar refractivity (Wildman–Crippen MR) is 214 cm³/mol. The van der Waals surface area contributed by atoms with Crippen LogP contribution in [0, 0.1) is 0 Å². The molecule has 3 rings (SSSR count). The van der Waals surface area contributed by atoms with E-state index in [-0.39, 0.29) is 0 Å². The smallest absolute Gasteiger partial charge is 0.375 e. The van der Waals surface area contributed by atoms with Crippen molar-refractivity contribution in [1.29, 1.82) is 0 Å². The molecule has 48 heavy (non-hydrogen) atoms. The molecule has 0 aliphatic heterocycles. The van der Waals surface area contributed by atoms with Gasteiger partial charge >= 0.3 is 30.4 Å². The molecule has 0 aliphatic rings. The van der Waals surface area contributed by atoms with Gasteiger partial charge < -0.3 is 36.2 Å². The Labute approximate surface area is 310 Å². The fraction of sp³-hybridized carbons (Fsp3) is 0.400. The summed E-state index contributed by atoms with van der Waals surface area (Å²) in [6.45, 7) is 5.66. The minimum Gasteiger partial charge on any atom is -0.425 e. The molecule has 1 atom stereocenters. The van der Waals surface area contributed by atoms with Gasteiger partial charge in [-0.1, -0.05) is 78.9 Å². The maximum absolute atomic E-state index is 11.3. The first-order valence-corrected chi connectivity index (χ1v) is 27.9. The average molecular weight is 980 g/mol. The van der Waals surface area contributed by atoms with Crippen molar-refractivity contribution in [2.45, 2.75) is 6.42 Å². The van der Waals surface area contributed by atoms with E-state index in [2.05, 4.69) is 130 Å². The van der Waals surface area contributed by atoms with Gasteiger partial charge in [0.2, 0.25) is 0 Å². The van der Waals surface area contributed by atoms with Gasteiger partial charge in [0.1, 0.15) is 5.75 Å². The zero-order valence-electron chi connectivity index (χ0n) is 29.3. The van der Waals surface area contributed by atoms with Crippen LogP contribution in [0.1, 0.15) is 11.1 Å². The minimum absolute atomic E-state index is 0.560. The molecule has 0 radical (unpaired) electrons. The maximum atomic E-state index is 11.3. The van der Waals surface area contributed by atoms with Crippen LogP contribution in [0.15, 0.2) is 91.0 Å². The number of hydrogen-bond donors (Lipinski definition) is 0. The van der Waals surface area contributed by atoms with Crippen molar-refractivity contribution >= 4 is 67.6 Å². The van der Waals surface area contributed by atoms with Crippen molar-refractivity contribution in [2.24, 2.45) is 0 Å². The van der Waals surface area contributed by atoms with Gasteiger partial charge in [0.05, 0.1) is 0 Å². The molecule has 0 amide bonds. The second kappa shape index (κ2) is 30.2. The molecule has 3 aromatic carbocycles. The summed E-state index contributed by atoms with van der Waals surface area (Å²) in [7, 11) is -1.38. The monoisotopic (exact) mass is 980 g/mol. The van der Waals surface area contributed by atoms with E-state index < -0.39 is 30.4 Å². The summed E-state index contributed by atoms with van der Waals surface area (Å²) in [6, 6.07) is 30.0. The van der Waals surface area contributed by atoms with Gasteiger partial charge in [0, 0.05) is 114 Å². The highest BCUT2D eigenvalue weighted by atomic mass is 128. The van der Waals surface area contributed by atoms with Crippen LogP contribution in [0.25, 0.3) is 0 Å². The zero-order valence-corrected chi connectivity index (χ0v) is 37.2. The molecule has 0 saturated heterocycles. The molecule has 0 N–H and O–H groups in total. The molecule has 12 nitrogen and oxygen atoms in total. The van der Waals surface area contributed by atoms with Gasteiger partial charge in [-0.3, -0.25) is 13.7 Å². The van der Waals surface area contributed by atoms with Crippen LogP contribution in [0.3, 0.4) is 0 Å². The molecular weight excluding hydrogens is 930 g/mol. The Bertz CT molecular complexity index is 1250. The number of para-hydroxylation sites is 1. The fourth-order valence-electron chi connectivity index (χ4n) is 2.36. The van der Waals surface area contributed by atoms with E-state index in [0.29, 0.717) is 5.75 Å². The molecule has 0 spiro atoms. The summed E-state index contributed by atoms with van der Waals surface area (Å²) in [6.07, 6.45) is 1.03. The lowest BCUT2D eigenvalue weighted by atomic mass is 10.1. The van der Waals surface area contributed by atoms with Crippen molar-refractivity contribution in [3.8, 4) is 5.75 Å². The van der Waals surface area contributed by atoms with Gasteiger partial charge in [0.15, 0.2) is 0 Å². The number of rotatable bonds is 11. The molecular formula is C30H50I2O12P4. The van der Waals surface area contributed by atoms with E-state index in [1.165, 1.54) is 87.6 Å². The third-order valence-electron chi connectivity index (χ3n) is 5.43. The number of halogens is 2. The first-order chi connectivity index (χ1) is 22.5. The second-order valence-electron chi connectivity index (χ2n) is 8.92. The highest BCUT2D eigenvalue weighted by molar-refractivity contribution is 15.0. The summed E-state index contributed by atoms with van der Waals surface area (Å²) in [4.78, 5) is 0. The standard InChI is InChI=1S/C13H12.C8H11O3P.3C3H9O3P.I2/c1-3-7-12(8-4-1)11-13-9-5-2-6-10-13;1-10-12(2,9)11-8-6-4-3-5-7-8;3*1-5-7(3,4)6-2;1-2/h1-10H,11H2;3-7H,1-2H3;3*1-3H3;. The third kappa shape index (κ3) is 31.5. The predicted octanol–water partition coefficient (Wildman–Crippen LogP) is 10.9. The van der Waals surface area contributed by atoms with E-state index in [1.54, 1.807) is 12.1 Å². The first-order valence-electron chi connectivity index (χ1n) is 13.6. The van der Waals surface area contributed by atoms with Crippen LogP contribution in [0.5, 0.6) is 5.75 Å². The van der Waals surface area contributed by atoms with Crippen molar-refractivity contribution in [3.05, 3.63) is 102 Å². The van der Waals surface area contributed by atoms with Crippen LogP contribution >= 0.6 is 67.6 Å². The normalized spacial score (nSPS) is 11.8. The SMILES string of the molecule is COP(C)(=O)OC.COP(C)(=O)OC.COP(C)(=O)OC.COP(C)(=O)Oc1ccccc1.II.c1ccc(Cc2ccccc2)cc1. The molecule has 0 bridgehead atoms. The Balaban J connectivity index is -0.000000537. The lowest BCUT2D eigenvalue weighted by Crippen LogP contribution is -1.92. The highest BCUT2D eigenvalue weighted by Gasteiger charge is 2.15. The molecule has 1 unspecified atom stereocenters. The Morgan fingerprint density at radius 2 is 0.646 bits per heavy atom. The molecule has 0 heterocycles. The minimum atomic E-state index is -2.90. The Morgan fingerprint density at radius 1 is 0.417 bits per heavy atom. The molecule has 0 aliphatic carbocycles. The van der Waals surface area contributed by atoms with E-state index in [0.717, 1.165) is 6.42 Å². The molecule has 276 valence electrons. The molecule has 0 aromatic heterocycles. The summed E-state index contributed by atoms with van der Waals surface area (Å²) in [5.41, 5.74) is 2.74. The van der Waals surface area contributed by atoms with Crippen LogP contribution in [-0.2, 0) is 56.3 Å². The van der Waals surface area contributed by atoms with Gasteiger partial charge in [0.25, 0.3) is 0 Å². The second-order valence-corrected chi connectivity index (χ2v) is 17.8. The summed E-state index contributed by atoms with van der Waals surface area (Å²) in [5, 5.41) is 0. The van der Waals surface area contributed by atoms with Crippen LogP contribution < -0.4 is 4.52 Å². The van der Waals surface area contributed by atoms with Crippen LogP contribution in [0.2, 0.25) is 0 Å². The average Bonchev–Trinajstić information content (AvgIpc) is 3.11. The van der Waals surface area contributed by atoms with Crippen molar-refractivity contribution in [1.82, 2.24) is 0 Å². The van der Waals surface area contributed by atoms with Crippen LogP contribution in [-0.4, -0.2) is 76.4 Å². The third-order valence-corrected chi connectivity index (χ3v) is 10.6. The molecule has 18 heteroatoms. The molecule has 0 saturated carbocycles. The number of benzene rings is 3. The van der Waals surface area contributed by atoms with Crippen LogP contribution in [0.4, 0.5) is 0 Å². The number of hydrogen-bond acceptors (Lipinski definition) is 12. The summed E-state index contributed by atoms with van der Waals surface area (Å²) >= 11 is 4.24. The lowest BCUT2D eigenvalue weighted by Gasteiger charge is -2.11. The first kappa shape index (κ1) is 51.9. The maximum Gasteiger partial charge on any atom is 0.375 e. The van der Waals surface area contributed by atoms with E-state index in [4.69, 9.17) is 4.52 Å². The lowest BCUT2D eigenvalue weighted by molar-refractivity contribution is 0.281. The van der Waals surface area contributed by atoms with Gasteiger partial charge in [-0.15, -0.1) is 0 Å². The highest BCUT2D eigenvalue weighted by Crippen LogP contribution is 2.43. The van der Waals surface area contributed by atoms with Crippen molar-refractivity contribution < 1.29 is 54.5 Å². The van der Waals surface area contributed by atoms with Crippen molar-refractivity contribution in [2.75, 3.05) is 76.4 Å². The largest absolute Gasteiger partial charge is 0.425 e. The molecule has 3 aromatic rings. The Hall–Kier alpha value is -0.440. The fourth-order valence-corrected chi connectivity index (χ4v) is 3.39. The van der Waals surface area contributed by atoms with Gasteiger partial charge in [-0.05, 0) is 29.7 Å². The van der Waals surface area contributed by atoms with Crippen molar-refractivity contribution in [3.63, 3.8) is 0 Å². The van der Waals surface area contributed by atoms with E-state index in [9.17, 15) is 18.3 Å². The van der Waals surface area contributed by atoms with Gasteiger partial charge in [-0.25, -0.2) is 4.57 Å².